The lowest BCUT2D eigenvalue weighted by atomic mass is 11.3. The van der Waals surface area contributed by atoms with Crippen molar-refractivity contribution in [2.75, 3.05) is 0 Å². The van der Waals surface area contributed by atoms with E-state index >= 15 is 0 Å². The average Bonchev–Trinajstić information content (AvgIpc) is 1.70. The maximum Gasteiger partial charge on any atom is 0.542 e. The summed E-state index contributed by atoms with van der Waals surface area (Å²) >= 11 is 0. The van der Waals surface area contributed by atoms with Crippen LogP contribution in [-0.2, 0) is 14.5 Å². The summed E-state index contributed by atoms with van der Waals surface area (Å²) in [5.74, 6) is 0. The highest BCUT2D eigenvalue weighted by Crippen LogP contribution is 2.28. The summed E-state index contributed by atoms with van der Waals surface area (Å²) in [4.78, 5) is 6.42. The summed E-state index contributed by atoms with van der Waals surface area (Å²) in [7, 11) is 0. The van der Waals surface area contributed by atoms with Crippen LogP contribution in [0, 0.1) is 0 Å². The number of hydrogen-bond donors (Lipinski definition) is 0. The minimum absolute atomic E-state index is 2.14. The van der Waals surface area contributed by atoms with E-state index in [0.717, 1.165) is 0 Å². The molecule has 0 bridgehead atoms. The first-order chi connectivity index (χ1) is 6.79. The zero-order valence-corrected chi connectivity index (χ0v) is 6.57. The van der Waals surface area contributed by atoms with Crippen LogP contribution < -0.4 is 0 Å². The second-order valence-corrected chi connectivity index (χ2v) is 1.83. The van der Waals surface area contributed by atoms with E-state index in [9.17, 15) is 39.5 Å². The van der Waals surface area contributed by atoms with Crippen molar-refractivity contribution in [3.05, 3.63) is 0 Å². The molecule has 0 fully saturated rings. The molecule has 4 nitrogen and oxygen atoms in total. The van der Waals surface area contributed by atoms with Crippen LogP contribution >= 0.6 is 0 Å². The van der Waals surface area contributed by atoms with E-state index in [0.29, 0.717) is 0 Å². The summed E-state index contributed by atoms with van der Waals surface area (Å²) in [5.41, 5.74) is 0. The molecular formula is C3F9NO3. The molecule has 0 atom stereocenters. The monoisotopic (exact) mass is 269 g/mol. The quantitative estimate of drug-likeness (QED) is 0.582. The largest absolute Gasteiger partial charge is 0.542 e. The molecule has 0 amide bonds. The first-order valence-electron chi connectivity index (χ1n) is 2.86. The molecule has 0 rings (SSSR count). The van der Waals surface area contributed by atoms with Gasteiger partial charge in [0.25, 0.3) is 0 Å². The molecule has 0 aromatic rings. The maximum absolute atomic E-state index is 11.3. The van der Waals surface area contributed by atoms with E-state index in [2.05, 4.69) is 14.5 Å². The minimum Gasteiger partial charge on any atom is -0.148 e. The first-order valence-corrected chi connectivity index (χ1v) is 2.86. The highest BCUT2D eigenvalue weighted by Gasteiger charge is 2.46. The predicted octanol–water partition coefficient (Wildman–Crippen LogP) is 2.64. The summed E-state index contributed by atoms with van der Waals surface area (Å²) in [5, 5.41) is -2.25. The summed E-state index contributed by atoms with van der Waals surface area (Å²) in [6, 6.07) is 0. The highest BCUT2D eigenvalue weighted by atomic mass is 19.4. The van der Waals surface area contributed by atoms with Gasteiger partial charge in [0.2, 0.25) is 0 Å². The Balaban J connectivity index is 4.53. The third-order valence-corrected chi connectivity index (χ3v) is 0.534. The van der Waals surface area contributed by atoms with Crippen molar-refractivity contribution >= 4 is 0 Å². The topological polar surface area (TPSA) is 30.9 Å². The van der Waals surface area contributed by atoms with Gasteiger partial charge in [0.15, 0.2) is 0 Å². The van der Waals surface area contributed by atoms with Gasteiger partial charge in [-0.3, -0.25) is 0 Å². The number of nitrogens with zero attached hydrogens (tertiary/aromatic N) is 1. The lowest BCUT2D eigenvalue weighted by Gasteiger charge is -2.21. The fraction of sp³-hybridized carbons (Fsp3) is 1.00. The van der Waals surface area contributed by atoms with Crippen LogP contribution in [0.1, 0.15) is 0 Å². The van der Waals surface area contributed by atoms with Crippen LogP contribution in [0.4, 0.5) is 39.5 Å². The fourth-order valence-electron chi connectivity index (χ4n) is 0.309. The van der Waals surface area contributed by atoms with E-state index in [1.165, 1.54) is 0 Å². The Morgan fingerprint density at radius 2 is 0.688 bits per heavy atom. The van der Waals surface area contributed by atoms with Crippen LogP contribution in [0.25, 0.3) is 0 Å². The average molecular weight is 269 g/mol. The lowest BCUT2D eigenvalue weighted by Crippen LogP contribution is -2.40. The summed E-state index contributed by atoms with van der Waals surface area (Å²) in [6.45, 7) is 0. The Morgan fingerprint density at radius 1 is 0.500 bits per heavy atom. The molecule has 0 saturated carbocycles. The third kappa shape index (κ3) is 9.75. The van der Waals surface area contributed by atoms with E-state index in [4.69, 9.17) is 0 Å². The third-order valence-electron chi connectivity index (χ3n) is 0.534. The molecule has 0 aliphatic heterocycles. The van der Waals surface area contributed by atoms with Crippen LogP contribution in [0.2, 0.25) is 0 Å². The van der Waals surface area contributed by atoms with Crippen molar-refractivity contribution in [2.45, 2.75) is 19.1 Å². The highest BCUT2D eigenvalue weighted by molar-refractivity contribution is 4.23. The zero-order chi connectivity index (χ0) is 13.2. The molecule has 16 heavy (non-hydrogen) atoms. The van der Waals surface area contributed by atoms with Crippen LogP contribution in [0.15, 0.2) is 0 Å². The summed E-state index contributed by atoms with van der Waals surface area (Å²) in [6.07, 6.45) is -17.6. The van der Waals surface area contributed by atoms with Gasteiger partial charge in [-0.2, -0.15) is 0 Å². The number of rotatable bonds is 3. The Kier molecular flexibility index (Phi) is 4.38. The molecular weight excluding hydrogens is 269 g/mol. The molecule has 0 heterocycles. The van der Waals surface area contributed by atoms with Crippen LogP contribution in [0.3, 0.4) is 0 Å². The van der Waals surface area contributed by atoms with Crippen molar-refractivity contribution < 1.29 is 54.0 Å². The van der Waals surface area contributed by atoms with Crippen molar-refractivity contribution in [2.24, 2.45) is 0 Å². The molecule has 0 saturated heterocycles. The smallest absolute Gasteiger partial charge is 0.148 e. The van der Waals surface area contributed by atoms with Gasteiger partial charge < -0.3 is 0 Å². The van der Waals surface area contributed by atoms with Gasteiger partial charge in [-0.05, 0) is 0 Å². The van der Waals surface area contributed by atoms with Crippen molar-refractivity contribution in [3.63, 3.8) is 0 Å². The molecule has 0 aromatic carbocycles. The van der Waals surface area contributed by atoms with E-state index in [1.807, 2.05) is 0 Å². The Hall–Kier alpha value is -0.790. The number of halogens is 9. The maximum atomic E-state index is 11.3. The molecule has 0 aliphatic rings. The van der Waals surface area contributed by atoms with E-state index < -0.39 is 24.5 Å². The van der Waals surface area contributed by atoms with Gasteiger partial charge in [0, 0.05) is 0 Å². The lowest BCUT2D eigenvalue weighted by molar-refractivity contribution is -0.679. The molecule has 0 aromatic heterocycles. The predicted molar refractivity (Wildman–Crippen MR) is 23.3 cm³/mol. The SMILES string of the molecule is FC(F)(F)ON(OC(F)(F)F)OC(F)(F)F. The Labute approximate surface area is 79.9 Å². The van der Waals surface area contributed by atoms with Crippen molar-refractivity contribution in [1.29, 1.82) is 0 Å². The molecule has 13 heteroatoms. The first kappa shape index (κ1) is 15.2. The second kappa shape index (κ2) is 4.60. The van der Waals surface area contributed by atoms with E-state index in [1.54, 1.807) is 0 Å². The molecule has 0 unspecified atom stereocenters. The van der Waals surface area contributed by atoms with Gasteiger partial charge in [0.1, 0.15) is 0 Å². The van der Waals surface area contributed by atoms with E-state index in [-0.39, 0.29) is 0 Å². The standard InChI is InChI=1S/C3F9NO3/c4-1(5,6)14-13(15-2(7,8)9)16-3(10,11)12. The molecule has 0 radical (unpaired) electrons. The molecule has 98 valence electrons. The van der Waals surface area contributed by atoms with Crippen LogP contribution in [-0.4, -0.2) is 24.5 Å². The van der Waals surface area contributed by atoms with Gasteiger partial charge >= 0.3 is 19.1 Å². The number of alkyl halides is 9. The normalized spacial score (nSPS) is 14.6. The fourth-order valence-corrected chi connectivity index (χ4v) is 0.309. The molecule has 0 aliphatic carbocycles. The van der Waals surface area contributed by atoms with Gasteiger partial charge in [-0.1, -0.05) is 0 Å². The minimum atomic E-state index is -5.86. The Morgan fingerprint density at radius 3 is 0.812 bits per heavy atom. The van der Waals surface area contributed by atoms with Crippen molar-refractivity contribution in [3.8, 4) is 0 Å². The second-order valence-electron chi connectivity index (χ2n) is 1.83. The molecule has 0 spiro atoms. The van der Waals surface area contributed by atoms with Crippen LogP contribution in [0.5, 0.6) is 0 Å². The van der Waals surface area contributed by atoms with Gasteiger partial charge in [-0.15, -0.1) is 54.0 Å². The number of hydrogen-bond acceptors (Lipinski definition) is 4. The summed E-state index contributed by atoms with van der Waals surface area (Å²) < 4.78 is 102. The van der Waals surface area contributed by atoms with Gasteiger partial charge in [0.05, 0.1) is 5.39 Å². The van der Waals surface area contributed by atoms with Gasteiger partial charge in [-0.25, -0.2) is 0 Å². The zero-order valence-electron chi connectivity index (χ0n) is 6.57. The Bertz CT molecular complexity index is 179. The van der Waals surface area contributed by atoms with Crippen molar-refractivity contribution in [1.82, 2.24) is 5.39 Å². The molecule has 0 N–H and O–H groups in total.